The Balaban J connectivity index is 2.12. The fraction of sp³-hybridized carbons (Fsp3) is 0.538. The van der Waals surface area contributed by atoms with E-state index in [9.17, 15) is 19.4 Å². The van der Waals surface area contributed by atoms with Crippen LogP contribution in [0, 0.1) is 0 Å². The number of rotatable bonds is 3. The van der Waals surface area contributed by atoms with Crippen LogP contribution in [0.3, 0.4) is 0 Å². The van der Waals surface area contributed by atoms with E-state index in [0.29, 0.717) is 37.0 Å². The predicted molar refractivity (Wildman–Crippen MR) is 76.8 cm³/mol. The fourth-order valence-corrected chi connectivity index (χ4v) is 3.06. The number of hydrogen-bond donors (Lipinski definition) is 0. The van der Waals surface area contributed by atoms with Crippen LogP contribution in [0.5, 0.6) is 0 Å². The van der Waals surface area contributed by atoms with E-state index in [1.54, 1.807) is 0 Å². The molecule has 0 atom stereocenters. The molecular weight excluding hydrogens is 311 g/mol. The maximum absolute atomic E-state index is 12.6. The summed E-state index contributed by atoms with van der Waals surface area (Å²) < 4.78 is 63.2. The molecule has 0 radical (unpaired) electrons. The van der Waals surface area contributed by atoms with Crippen LogP contribution in [0.2, 0.25) is 0 Å². The quantitative estimate of drug-likeness (QED) is 0.729. The van der Waals surface area contributed by atoms with E-state index < -0.39 is 15.1 Å². The maximum Gasteiger partial charge on any atom is 0.310 e. The maximum atomic E-state index is 12.6. The average molecular weight is 330 g/mol. The number of benzene rings is 1. The lowest BCUT2D eigenvalue weighted by molar-refractivity contribution is 0.209. The summed E-state index contributed by atoms with van der Waals surface area (Å²) in [4.78, 5) is 2.34. The first-order valence-corrected chi connectivity index (χ1v) is 8.65. The number of halogens is 5. The van der Waals surface area contributed by atoms with Crippen molar-refractivity contribution in [3.8, 4) is 0 Å². The Hall–Kier alpha value is -1.02. The highest BCUT2D eigenvalue weighted by Gasteiger charge is 2.65. The van der Waals surface area contributed by atoms with Gasteiger partial charge < -0.3 is 4.90 Å². The molecule has 122 valence electrons. The van der Waals surface area contributed by atoms with Crippen LogP contribution < -0.4 is 4.90 Å². The molecule has 0 unspecified atom stereocenters. The summed E-state index contributed by atoms with van der Waals surface area (Å²) in [5, 5.41) is 0. The summed E-state index contributed by atoms with van der Waals surface area (Å²) in [6.07, 6.45) is 0. The zero-order valence-corrected chi connectivity index (χ0v) is 12.7. The second kappa shape index (κ2) is 4.49. The largest absolute Gasteiger partial charge is 0.369 e. The van der Waals surface area contributed by atoms with Gasteiger partial charge in [-0.1, -0.05) is 19.4 Å². The zero-order valence-electron chi connectivity index (χ0n) is 11.9. The number of piperazine rings is 1. The van der Waals surface area contributed by atoms with Gasteiger partial charge in [-0.15, -0.1) is 0 Å². The molecule has 2 nitrogen and oxygen atoms in total. The Kier molecular flexibility index (Phi) is 3.49. The average Bonchev–Trinajstić information content (AvgIpc) is 2.36. The first-order chi connectivity index (χ1) is 9.36. The molecule has 1 fully saturated rings. The molecule has 8 heteroatoms. The predicted octanol–water partition coefficient (Wildman–Crippen LogP) is 4.87. The summed E-state index contributed by atoms with van der Waals surface area (Å²) in [6.45, 7) is 7.13. The van der Waals surface area contributed by atoms with Gasteiger partial charge in [-0.2, -0.15) is 0 Å². The standard InChI is InChI=1S/C13H19F5N2S/c1-11(2)19-7-9-20(10-8-19)12-3-5-13(6-4-12)21(14,15,16,17)18/h3-6,11H,7-10H2,1-2H3. The molecule has 0 spiro atoms. The first-order valence-electron chi connectivity index (χ1n) is 6.70. The van der Waals surface area contributed by atoms with Gasteiger partial charge in [-0.25, -0.2) is 0 Å². The second-order valence-electron chi connectivity index (χ2n) is 5.58. The Labute approximate surface area is 121 Å². The first kappa shape index (κ1) is 16.4. The molecule has 0 bridgehead atoms. The molecule has 1 aliphatic rings. The van der Waals surface area contributed by atoms with Gasteiger partial charge in [0.25, 0.3) is 0 Å². The third-order valence-electron chi connectivity index (χ3n) is 3.69. The van der Waals surface area contributed by atoms with E-state index in [0.717, 1.165) is 25.2 Å². The van der Waals surface area contributed by atoms with Gasteiger partial charge in [0.15, 0.2) is 0 Å². The van der Waals surface area contributed by atoms with Gasteiger partial charge in [-0.3, -0.25) is 4.90 Å². The Morgan fingerprint density at radius 1 is 0.857 bits per heavy atom. The van der Waals surface area contributed by atoms with Gasteiger partial charge in [0.05, 0.1) is 0 Å². The van der Waals surface area contributed by atoms with Gasteiger partial charge in [-0.05, 0) is 38.1 Å². The molecule has 0 saturated carbocycles. The van der Waals surface area contributed by atoms with E-state index >= 15 is 0 Å². The van der Waals surface area contributed by atoms with Crippen LogP contribution >= 0.6 is 10.2 Å². The summed E-state index contributed by atoms with van der Waals surface area (Å²) in [5.74, 6) is 0. The van der Waals surface area contributed by atoms with Crippen LogP contribution in [-0.2, 0) is 0 Å². The van der Waals surface area contributed by atoms with Crippen LogP contribution in [0.15, 0.2) is 29.2 Å². The molecule has 0 amide bonds. The van der Waals surface area contributed by atoms with Crippen molar-refractivity contribution in [3.05, 3.63) is 24.3 Å². The molecule has 1 heterocycles. The van der Waals surface area contributed by atoms with Gasteiger partial charge in [0.2, 0.25) is 0 Å². The van der Waals surface area contributed by atoms with Gasteiger partial charge >= 0.3 is 10.2 Å². The van der Waals surface area contributed by atoms with E-state index in [-0.39, 0.29) is 0 Å². The summed E-state index contributed by atoms with van der Waals surface area (Å²) >= 11 is 0. The molecule has 21 heavy (non-hydrogen) atoms. The van der Waals surface area contributed by atoms with Crippen LogP contribution in [0.1, 0.15) is 13.8 Å². The van der Waals surface area contributed by atoms with Crippen molar-refractivity contribution in [1.29, 1.82) is 0 Å². The number of nitrogens with zero attached hydrogens (tertiary/aromatic N) is 2. The molecule has 1 aromatic rings. The minimum Gasteiger partial charge on any atom is -0.369 e. The lowest BCUT2D eigenvalue weighted by Gasteiger charge is -2.41. The monoisotopic (exact) mass is 330 g/mol. The molecule has 2 rings (SSSR count). The van der Waals surface area contributed by atoms with E-state index in [1.165, 1.54) is 0 Å². The Morgan fingerprint density at radius 3 is 1.71 bits per heavy atom. The van der Waals surface area contributed by atoms with Gasteiger partial charge in [0, 0.05) is 37.9 Å². The van der Waals surface area contributed by atoms with Crippen molar-refractivity contribution in [3.63, 3.8) is 0 Å². The minimum atomic E-state index is -9.56. The number of anilines is 1. The lowest BCUT2D eigenvalue weighted by atomic mass is 10.2. The molecule has 1 aromatic carbocycles. The third kappa shape index (κ3) is 4.00. The van der Waals surface area contributed by atoms with Crippen molar-refractivity contribution in [1.82, 2.24) is 4.90 Å². The zero-order chi connectivity index (χ0) is 16.0. The molecule has 0 aromatic heterocycles. The third-order valence-corrected chi connectivity index (χ3v) is 4.85. The van der Waals surface area contributed by atoms with E-state index in [2.05, 4.69) is 18.7 Å². The topological polar surface area (TPSA) is 6.48 Å². The van der Waals surface area contributed by atoms with Crippen molar-refractivity contribution >= 4 is 15.9 Å². The smallest absolute Gasteiger partial charge is 0.310 e. The van der Waals surface area contributed by atoms with Crippen LogP contribution in [-0.4, -0.2) is 37.1 Å². The van der Waals surface area contributed by atoms with Crippen LogP contribution in [0.4, 0.5) is 25.1 Å². The Morgan fingerprint density at radius 2 is 1.33 bits per heavy atom. The second-order valence-corrected chi connectivity index (χ2v) is 7.99. The highest BCUT2D eigenvalue weighted by atomic mass is 32.5. The highest BCUT2D eigenvalue weighted by Crippen LogP contribution is 3.02. The van der Waals surface area contributed by atoms with Crippen molar-refractivity contribution < 1.29 is 19.4 Å². The van der Waals surface area contributed by atoms with Crippen molar-refractivity contribution in [2.24, 2.45) is 0 Å². The van der Waals surface area contributed by atoms with Crippen LogP contribution in [0.25, 0.3) is 0 Å². The minimum absolute atomic E-state index is 0.419. The SMILES string of the molecule is CC(C)N1CCN(c2ccc(S(F)(F)(F)(F)F)cc2)CC1. The summed E-state index contributed by atoms with van der Waals surface area (Å²) in [7, 11) is -9.56. The molecule has 0 N–H and O–H groups in total. The highest BCUT2D eigenvalue weighted by molar-refractivity contribution is 8.45. The summed E-state index contributed by atoms with van der Waals surface area (Å²) in [5.41, 5.74) is 0.545. The normalized spacial score (nSPS) is 21.2. The van der Waals surface area contributed by atoms with Crippen molar-refractivity contribution in [2.45, 2.75) is 24.8 Å². The van der Waals surface area contributed by atoms with Crippen molar-refractivity contribution in [2.75, 3.05) is 31.1 Å². The lowest BCUT2D eigenvalue weighted by Crippen LogP contribution is -2.48. The fourth-order valence-electron chi connectivity index (χ4n) is 2.41. The summed E-state index contributed by atoms with van der Waals surface area (Å²) in [6, 6.07) is 3.62. The van der Waals surface area contributed by atoms with Gasteiger partial charge in [0.1, 0.15) is 4.90 Å². The molecule has 1 aliphatic heterocycles. The van der Waals surface area contributed by atoms with E-state index in [1.807, 2.05) is 4.90 Å². The molecular formula is C13H19F5N2S. The number of hydrogen-bond acceptors (Lipinski definition) is 2. The molecule has 1 saturated heterocycles. The molecule has 0 aliphatic carbocycles. The Bertz CT molecular complexity index is 503. The van der Waals surface area contributed by atoms with E-state index in [4.69, 9.17) is 0 Å².